The van der Waals surface area contributed by atoms with E-state index in [0.29, 0.717) is 25.3 Å². The lowest BCUT2D eigenvalue weighted by Crippen LogP contribution is -2.50. The summed E-state index contributed by atoms with van der Waals surface area (Å²) in [6, 6.07) is 9.57. The van der Waals surface area contributed by atoms with Gasteiger partial charge in [-0.25, -0.2) is 0 Å². The molecule has 0 atom stereocenters. The number of hydrogen-bond acceptors (Lipinski definition) is 4. The van der Waals surface area contributed by atoms with Crippen LogP contribution in [0.25, 0.3) is 0 Å². The molecule has 1 aromatic rings. The third kappa shape index (κ3) is 5.03. The number of ether oxygens (including phenoxy) is 1. The first-order chi connectivity index (χ1) is 10.2. The Labute approximate surface area is 133 Å². The average Bonchev–Trinajstić information content (AvgIpc) is 2.52. The van der Waals surface area contributed by atoms with E-state index in [1.54, 1.807) is 0 Å². The van der Waals surface area contributed by atoms with Gasteiger partial charge >= 0.3 is 0 Å². The number of amides is 1. The van der Waals surface area contributed by atoms with Crippen LogP contribution in [-0.4, -0.2) is 55.0 Å². The van der Waals surface area contributed by atoms with E-state index in [1.165, 1.54) is 0 Å². The normalized spacial score (nSPS) is 15.5. The molecule has 1 fully saturated rings. The van der Waals surface area contributed by atoms with Gasteiger partial charge in [-0.05, 0) is 24.3 Å². The van der Waals surface area contributed by atoms with Crippen molar-refractivity contribution in [3.63, 3.8) is 0 Å². The molecule has 0 radical (unpaired) electrons. The number of benzene rings is 1. The molecule has 0 aliphatic carbocycles. The first-order valence-electron chi connectivity index (χ1n) is 6.94. The van der Waals surface area contributed by atoms with Crippen LogP contribution in [0.5, 0.6) is 5.75 Å². The zero-order valence-corrected chi connectivity index (χ0v) is 13.4. The number of nitriles is 1. The number of carbonyl (C=O) groups excluding carboxylic acids is 1. The number of hydrogen-bond donors (Lipinski definition) is 0. The second-order valence-corrected chi connectivity index (χ2v) is 5.79. The number of rotatable bonds is 5. The Bertz CT molecular complexity index is 505. The van der Waals surface area contributed by atoms with Crippen molar-refractivity contribution in [3.8, 4) is 11.8 Å². The van der Waals surface area contributed by atoms with Gasteiger partial charge < -0.3 is 9.64 Å². The topological polar surface area (TPSA) is 56.6 Å². The van der Waals surface area contributed by atoms with Crippen LogP contribution in [0.2, 0.25) is 0 Å². The number of piperazine rings is 1. The van der Waals surface area contributed by atoms with Gasteiger partial charge in [0.1, 0.15) is 5.75 Å². The van der Waals surface area contributed by atoms with Gasteiger partial charge in [0, 0.05) is 43.6 Å². The highest BCUT2D eigenvalue weighted by atomic mass is 79.9. The Hall–Kier alpha value is -1.58. The van der Waals surface area contributed by atoms with Gasteiger partial charge in [0.15, 0.2) is 6.61 Å². The Morgan fingerprint density at radius 3 is 2.52 bits per heavy atom. The van der Waals surface area contributed by atoms with Crippen LogP contribution >= 0.6 is 15.9 Å². The molecule has 0 unspecified atom stereocenters. The van der Waals surface area contributed by atoms with Crippen LogP contribution < -0.4 is 4.74 Å². The minimum Gasteiger partial charge on any atom is -0.484 e. The fourth-order valence-electron chi connectivity index (χ4n) is 2.20. The molecule has 0 spiro atoms. The van der Waals surface area contributed by atoms with Crippen LogP contribution in [0.1, 0.15) is 6.42 Å². The summed E-state index contributed by atoms with van der Waals surface area (Å²) in [4.78, 5) is 16.1. The lowest BCUT2D eigenvalue weighted by Gasteiger charge is -2.34. The largest absolute Gasteiger partial charge is 0.484 e. The Kier molecular flexibility index (Phi) is 6.03. The maximum atomic E-state index is 12.1. The minimum absolute atomic E-state index is 0.0119. The summed E-state index contributed by atoms with van der Waals surface area (Å²) in [5.74, 6) is 0.706. The van der Waals surface area contributed by atoms with Gasteiger partial charge in [0.05, 0.1) is 6.07 Å². The Morgan fingerprint density at radius 1 is 1.24 bits per heavy atom. The molecule has 1 aliphatic heterocycles. The van der Waals surface area contributed by atoms with Crippen LogP contribution in [0.3, 0.4) is 0 Å². The van der Waals surface area contributed by atoms with E-state index in [-0.39, 0.29) is 12.5 Å². The van der Waals surface area contributed by atoms with Crippen molar-refractivity contribution in [2.75, 3.05) is 39.3 Å². The van der Waals surface area contributed by atoms with E-state index in [2.05, 4.69) is 26.9 Å². The average molecular weight is 352 g/mol. The lowest BCUT2D eigenvalue weighted by molar-refractivity contribution is -0.135. The molecule has 2 rings (SSSR count). The molecule has 0 aromatic heterocycles. The summed E-state index contributed by atoms with van der Waals surface area (Å²) in [7, 11) is 0. The van der Waals surface area contributed by atoms with E-state index < -0.39 is 0 Å². The van der Waals surface area contributed by atoms with Gasteiger partial charge in [0.25, 0.3) is 5.91 Å². The van der Waals surface area contributed by atoms with Gasteiger partial charge in [-0.1, -0.05) is 15.9 Å². The zero-order chi connectivity index (χ0) is 15.1. The van der Waals surface area contributed by atoms with E-state index in [9.17, 15) is 4.79 Å². The summed E-state index contributed by atoms with van der Waals surface area (Å²) in [6.07, 6.45) is 0.542. The highest BCUT2D eigenvalue weighted by Gasteiger charge is 2.20. The van der Waals surface area contributed by atoms with E-state index >= 15 is 0 Å². The van der Waals surface area contributed by atoms with Crippen molar-refractivity contribution in [2.45, 2.75) is 6.42 Å². The number of nitrogens with zero attached hydrogens (tertiary/aromatic N) is 3. The van der Waals surface area contributed by atoms with Gasteiger partial charge in [-0.15, -0.1) is 0 Å². The van der Waals surface area contributed by atoms with Gasteiger partial charge in [-0.3, -0.25) is 9.69 Å². The Morgan fingerprint density at radius 2 is 1.90 bits per heavy atom. The monoisotopic (exact) mass is 351 g/mol. The first-order valence-corrected chi connectivity index (χ1v) is 7.74. The molecule has 0 saturated carbocycles. The van der Waals surface area contributed by atoms with E-state index in [1.807, 2.05) is 29.2 Å². The van der Waals surface area contributed by atoms with E-state index in [4.69, 9.17) is 10.00 Å². The smallest absolute Gasteiger partial charge is 0.260 e. The predicted molar refractivity (Wildman–Crippen MR) is 82.9 cm³/mol. The molecule has 0 N–H and O–H groups in total. The Balaban J connectivity index is 1.72. The van der Waals surface area contributed by atoms with Crippen molar-refractivity contribution in [2.24, 2.45) is 0 Å². The second kappa shape index (κ2) is 8.01. The fourth-order valence-corrected chi connectivity index (χ4v) is 2.46. The van der Waals surface area contributed by atoms with Crippen LogP contribution in [0.15, 0.2) is 28.7 Å². The van der Waals surface area contributed by atoms with Gasteiger partial charge in [0.2, 0.25) is 0 Å². The molecule has 5 nitrogen and oxygen atoms in total. The predicted octanol–water partition coefficient (Wildman–Crippen LogP) is 1.89. The zero-order valence-electron chi connectivity index (χ0n) is 11.8. The molecule has 1 heterocycles. The minimum atomic E-state index is 0.0119. The molecule has 0 bridgehead atoms. The number of halogens is 1. The molecule has 1 saturated heterocycles. The molecule has 21 heavy (non-hydrogen) atoms. The molecule has 1 aromatic carbocycles. The summed E-state index contributed by atoms with van der Waals surface area (Å²) in [5, 5.41) is 8.57. The first kappa shape index (κ1) is 15.8. The quantitative estimate of drug-likeness (QED) is 0.812. The van der Waals surface area contributed by atoms with Crippen molar-refractivity contribution in [1.29, 1.82) is 5.26 Å². The maximum Gasteiger partial charge on any atom is 0.260 e. The fraction of sp³-hybridized carbons (Fsp3) is 0.467. The van der Waals surface area contributed by atoms with Crippen LogP contribution in [0.4, 0.5) is 0 Å². The maximum absolute atomic E-state index is 12.1. The summed E-state index contributed by atoms with van der Waals surface area (Å²) < 4.78 is 6.48. The SMILES string of the molecule is N#CCCN1CCN(C(=O)COc2ccc(Br)cc2)CC1. The third-order valence-corrected chi connectivity index (χ3v) is 3.97. The van der Waals surface area contributed by atoms with Gasteiger partial charge in [-0.2, -0.15) is 5.26 Å². The van der Waals surface area contributed by atoms with Crippen LogP contribution in [-0.2, 0) is 4.79 Å². The standard InChI is InChI=1S/C15H18BrN3O2/c16-13-2-4-14(5-3-13)21-12-15(20)19-10-8-18(9-11-19)7-1-6-17/h2-5H,1,7-12H2. The third-order valence-electron chi connectivity index (χ3n) is 3.44. The second-order valence-electron chi connectivity index (χ2n) is 4.87. The van der Waals surface area contributed by atoms with Crippen molar-refractivity contribution < 1.29 is 9.53 Å². The van der Waals surface area contributed by atoms with Crippen molar-refractivity contribution >= 4 is 21.8 Å². The summed E-state index contributed by atoms with van der Waals surface area (Å²) in [5.41, 5.74) is 0. The molecule has 1 amide bonds. The summed E-state index contributed by atoms with van der Waals surface area (Å²) in [6.45, 7) is 3.91. The molecule has 6 heteroatoms. The van der Waals surface area contributed by atoms with E-state index in [0.717, 1.165) is 24.1 Å². The number of carbonyl (C=O) groups is 1. The van der Waals surface area contributed by atoms with Crippen molar-refractivity contribution in [3.05, 3.63) is 28.7 Å². The molecular formula is C15H18BrN3O2. The highest BCUT2D eigenvalue weighted by Crippen LogP contribution is 2.16. The molecular weight excluding hydrogens is 334 g/mol. The van der Waals surface area contributed by atoms with Crippen LogP contribution in [0, 0.1) is 11.3 Å². The lowest BCUT2D eigenvalue weighted by atomic mass is 10.3. The molecule has 1 aliphatic rings. The summed E-state index contributed by atoms with van der Waals surface area (Å²) >= 11 is 3.36. The molecule has 112 valence electrons. The van der Waals surface area contributed by atoms with Crippen molar-refractivity contribution in [1.82, 2.24) is 9.80 Å². The highest BCUT2D eigenvalue weighted by molar-refractivity contribution is 9.10.